The molecule has 0 radical (unpaired) electrons. The Morgan fingerprint density at radius 1 is 1.65 bits per heavy atom. The topological polar surface area (TPSA) is 81.0 Å². The number of esters is 1. The molecule has 0 fully saturated rings. The molecule has 0 aliphatic carbocycles. The molecule has 0 unspecified atom stereocenters. The van der Waals surface area contributed by atoms with E-state index in [0.717, 1.165) is 16.6 Å². The van der Waals surface area contributed by atoms with Gasteiger partial charge in [0.2, 0.25) is 0 Å². The van der Waals surface area contributed by atoms with E-state index >= 15 is 0 Å². The third kappa shape index (κ3) is 2.75. The van der Waals surface area contributed by atoms with Gasteiger partial charge in [-0.1, -0.05) is 0 Å². The summed E-state index contributed by atoms with van der Waals surface area (Å²) in [6, 6.07) is 3.16. The minimum Gasteiger partial charge on any atom is -0.468 e. The summed E-state index contributed by atoms with van der Waals surface area (Å²) >= 11 is 0. The Hall–Kier alpha value is -1.59. The zero-order chi connectivity index (χ0) is 11.5. The number of ether oxygens (including phenoxy) is 1. The average Bonchev–Trinajstić information content (AvgIpc) is 2.72. The number of nitrogens with two attached hydrogens (primary N) is 1. The fourth-order valence-electron chi connectivity index (χ4n) is 1.65. The van der Waals surface area contributed by atoms with E-state index in [0.29, 0.717) is 6.42 Å². The van der Waals surface area contributed by atoms with Gasteiger partial charge in [0, 0.05) is 24.2 Å². The van der Waals surface area contributed by atoms with Crippen LogP contribution in [0.1, 0.15) is 5.56 Å². The van der Waals surface area contributed by atoms with Crippen molar-refractivity contribution in [1.82, 2.24) is 9.97 Å². The predicted molar refractivity (Wildman–Crippen MR) is 67.0 cm³/mol. The smallest absolute Gasteiger partial charge is 0.322 e. The van der Waals surface area contributed by atoms with E-state index in [-0.39, 0.29) is 12.4 Å². The fourth-order valence-corrected chi connectivity index (χ4v) is 1.65. The lowest BCUT2D eigenvalue weighted by Crippen LogP contribution is -2.33. The van der Waals surface area contributed by atoms with Gasteiger partial charge in [-0.15, -0.1) is 12.4 Å². The Morgan fingerprint density at radius 3 is 3.12 bits per heavy atom. The molecule has 0 spiro atoms. The number of aromatic nitrogens is 2. The molecule has 2 rings (SSSR count). The van der Waals surface area contributed by atoms with E-state index in [4.69, 9.17) is 5.73 Å². The van der Waals surface area contributed by atoms with Crippen molar-refractivity contribution in [1.29, 1.82) is 0 Å². The maximum Gasteiger partial charge on any atom is 0.322 e. The molecule has 2 heterocycles. The van der Waals surface area contributed by atoms with Crippen LogP contribution in [0.3, 0.4) is 0 Å². The lowest BCUT2D eigenvalue weighted by molar-refractivity contribution is -0.142. The Kier molecular flexibility index (Phi) is 4.48. The molecule has 0 aromatic carbocycles. The molecular formula is C11H14ClN3O2. The molecule has 2 aromatic rings. The van der Waals surface area contributed by atoms with E-state index in [9.17, 15) is 4.79 Å². The maximum absolute atomic E-state index is 11.2. The molecule has 17 heavy (non-hydrogen) atoms. The van der Waals surface area contributed by atoms with Gasteiger partial charge in [-0.25, -0.2) is 4.98 Å². The van der Waals surface area contributed by atoms with Gasteiger partial charge >= 0.3 is 5.97 Å². The zero-order valence-electron chi connectivity index (χ0n) is 9.34. The summed E-state index contributed by atoms with van der Waals surface area (Å²) in [5.41, 5.74) is 7.47. The highest BCUT2D eigenvalue weighted by Gasteiger charge is 2.16. The number of H-pyrrole nitrogens is 1. The minimum absolute atomic E-state index is 0. The van der Waals surface area contributed by atoms with Crippen molar-refractivity contribution >= 4 is 29.4 Å². The number of rotatable bonds is 3. The monoisotopic (exact) mass is 255 g/mol. The third-order valence-electron chi connectivity index (χ3n) is 2.48. The Morgan fingerprint density at radius 2 is 2.41 bits per heavy atom. The van der Waals surface area contributed by atoms with Crippen LogP contribution in [-0.4, -0.2) is 29.1 Å². The Bertz CT molecular complexity index is 512. The number of methoxy groups -OCH3 is 1. The highest BCUT2D eigenvalue weighted by atomic mass is 35.5. The largest absolute Gasteiger partial charge is 0.468 e. The van der Waals surface area contributed by atoms with Gasteiger partial charge in [0.15, 0.2) is 0 Å². The van der Waals surface area contributed by atoms with Gasteiger partial charge in [0.05, 0.1) is 7.11 Å². The lowest BCUT2D eigenvalue weighted by atomic mass is 10.1. The summed E-state index contributed by atoms with van der Waals surface area (Å²) in [6.07, 6.45) is 3.97. The highest BCUT2D eigenvalue weighted by molar-refractivity contribution is 5.85. The van der Waals surface area contributed by atoms with Crippen LogP contribution in [0.4, 0.5) is 0 Å². The molecular weight excluding hydrogens is 242 g/mol. The molecule has 6 heteroatoms. The number of fused-ring (bicyclic) bond motifs is 1. The first kappa shape index (κ1) is 13.5. The van der Waals surface area contributed by atoms with Gasteiger partial charge in [-0.3, -0.25) is 4.79 Å². The lowest BCUT2D eigenvalue weighted by Gasteiger charge is -2.07. The summed E-state index contributed by atoms with van der Waals surface area (Å²) in [5, 5.41) is 0.988. The second-order valence-corrected chi connectivity index (χ2v) is 3.55. The number of aromatic amines is 1. The highest BCUT2D eigenvalue weighted by Crippen LogP contribution is 2.16. The number of hydrogen-bond donors (Lipinski definition) is 2. The van der Waals surface area contributed by atoms with Crippen LogP contribution in [0.2, 0.25) is 0 Å². The third-order valence-corrected chi connectivity index (χ3v) is 2.48. The number of nitrogens with zero attached hydrogens (tertiary/aromatic N) is 1. The molecule has 0 aliphatic rings. The Balaban J connectivity index is 0.00000144. The van der Waals surface area contributed by atoms with Crippen molar-refractivity contribution in [3.63, 3.8) is 0 Å². The SMILES string of the molecule is COC(=O)[C@@H](N)Cc1c[nH]c2ncccc12.Cl. The summed E-state index contributed by atoms with van der Waals surface area (Å²) < 4.78 is 4.58. The van der Waals surface area contributed by atoms with Crippen molar-refractivity contribution in [3.05, 3.63) is 30.1 Å². The number of pyridine rings is 1. The minimum atomic E-state index is -0.635. The van der Waals surface area contributed by atoms with Gasteiger partial charge in [-0.05, 0) is 17.7 Å². The first-order chi connectivity index (χ1) is 7.72. The molecule has 0 bridgehead atoms. The average molecular weight is 256 g/mol. The molecule has 0 aliphatic heterocycles. The summed E-state index contributed by atoms with van der Waals surface area (Å²) in [4.78, 5) is 18.4. The summed E-state index contributed by atoms with van der Waals surface area (Å²) in [5.74, 6) is -0.404. The van der Waals surface area contributed by atoms with E-state index in [1.165, 1.54) is 7.11 Å². The maximum atomic E-state index is 11.2. The zero-order valence-corrected chi connectivity index (χ0v) is 10.2. The first-order valence-corrected chi connectivity index (χ1v) is 4.96. The molecule has 3 N–H and O–H groups in total. The normalized spacial score (nSPS) is 11.9. The standard InChI is InChI=1S/C11H13N3O2.ClH/c1-16-11(15)9(12)5-7-6-14-10-8(7)3-2-4-13-10;/h2-4,6,9H,5,12H2,1H3,(H,13,14);1H/t9-;/m0./s1. The van der Waals surface area contributed by atoms with Crippen LogP contribution in [0.25, 0.3) is 11.0 Å². The van der Waals surface area contributed by atoms with E-state index < -0.39 is 12.0 Å². The summed E-state index contributed by atoms with van der Waals surface area (Å²) in [7, 11) is 1.33. The fraction of sp³-hybridized carbons (Fsp3) is 0.273. The van der Waals surface area contributed by atoms with Gasteiger partial charge in [0.25, 0.3) is 0 Å². The summed E-state index contributed by atoms with van der Waals surface area (Å²) in [6.45, 7) is 0. The van der Waals surface area contributed by atoms with Crippen LogP contribution in [-0.2, 0) is 16.0 Å². The number of nitrogens with one attached hydrogen (secondary N) is 1. The number of carbonyl (C=O) groups is 1. The second kappa shape index (κ2) is 5.65. The molecule has 92 valence electrons. The first-order valence-electron chi connectivity index (χ1n) is 4.96. The van der Waals surface area contributed by atoms with Crippen LogP contribution < -0.4 is 5.73 Å². The van der Waals surface area contributed by atoms with Crippen molar-refractivity contribution in [3.8, 4) is 0 Å². The van der Waals surface area contributed by atoms with E-state index in [1.54, 1.807) is 6.20 Å². The van der Waals surface area contributed by atoms with Crippen LogP contribution >= 0.6 is 12.4 Å². The van der Waals surface area contributed by atoms with Crippen molar-refractivity contribution in [2.24, 2.45) is 5.73 Å². The van der Waals surface area contributed by atoms with Crippen LogP contribution in [0.15, 0.2) is 24.5 Å². The molecule has 2 aromatic heterocycles. The molecule has 0 saturated carbocycles. The Labute approximate surface area is 105 Å². The number of carbonyl (C=O) groups excluding carboxylic acids is 1. The van der Waals surface area contributed by atoms with Crippen molar-refractivity contribution < 1.29 is 9.53 Å². The van der Waals surface area contributed by atoms with Crippen molar-refractivity contribution in [2.75, 3.05) is 7.11 Å². The molecule has 5 nitrogen and oxygen atoms in total. The number of halogens is 1. The quantitative estimate of drug-likeness (QED) is 0.803. The van der Waals surface area contributed by atoms with Crippen molar-refractivity contribution in [2.45, 2.75) is 12.5 Å². The molecule has 0 amide bonds. The van der Waals surface area contributed by atoms with Gasteiger partial charge < -0.3 is 15.5 Å². The van der Waals surface area contributed by atoms with Crippen LogP contribution in [0, 0.1) is 0 Å². The van der Waals surface area contributed by atoms with E-state index in [1.807, 2.05) is 18.3 Å². The molecule has 0 saturated heterocycles. The van der Waals surface area contributed by atoms with Crippen LogP contribution in [0.5, 0.6) is 0 Å². The van der Waals surface area contributed by atoms with E-state index in [2.05, 4.69) is 14.7 Å². The predicted octanol–water partition coefficient (Wildman–Crippen LogP) is 1.03. The van der Waals surface area contributed by atoms with Gasteiger partial charge in [-0.2, -0.15) is 0 Å². The van der Waals surface area contributed by atoms with Gasteiger partial charge in [0.1, 0.15) is 11.7 Å². The second-order valence-electron chi connectivity index (χ2n) is 3.55. The molecule has 1 atom stereocenters. The number of hydrogen-bond acceptors (Lipinski definition) is 4.